The van der Waals surface area contributed by atoms with Crippen LogP contribution in [0.5, 0.6) is 0 Å². The molecule has 1 heterocycles. The van der Waals surface area contributed by atoms with Gasteiger partial charge in [-0.25, -0.2) is 0 Å². The molecule has 6 nitrogen and oxygen atoms in total. The van der Waals surface area contributed by atoms with Gasteiger partial charge in [0.15, 0.2) is 0 Å². The minimum Gasteiger partial charge on any atom is -0.481 e. The Labute approximate surface area is 128 Å². The van der Waals surface area contributed by atoms with Gasteiger partial charge in [-0.2, -0.15) is 10.2 Å². The predicted molar refractivity (Wildman–Crippen MR) is 80.1 cm³/mol. The molecule has 0 saturated carbocycles. The van der Waals surface area contributed by atoms with Gasteiger partial charge in [-0.15, -0.1) is 0 Å². The highest BCUT2D eigenvalue weighted by atomic mass is 16.4. The van der Waals surface area contributed by atoms with Crippen LogP contribution in [0, 0.1) is 0 Å². The summed E-state index contributed by atoms with van der Waals surface area (Å²) in [7, 11) is 0. The number of benzene rings is 1. The molecule has 0 saturated heterocycles. The van der Waals surface area contributed by atoms with E-state index < -0.39 is 5.97 Å². The number of hydrogen-bond donors (Lipinski definition) is 1. The molecule has 0 radical (unpaired) electrons. The van der Waals surface area contributed by atoms with E-state index in [0.29, 0.717) is 25.1 Å². The molecule has 1 N–H and O–H groups in total. The van der Waals surface area contributed by atoms with E-state index >= 15 is 0 Å². The predicted octanol–water partition coefficient (Wildman–Crippen LogP) is 1.98. The summed E-state index contributed by atoms with van der Waals surface area (Å²) in [6, 6.07) is 11.2. The SMILES string of the molecule is O=C(O)CCCN(Cc1ccccc1)C(=O)c1ccnnc1. The van der Waals surface area contributed by atoms with E-state index in [1.54, 1.807) is 11.0 Å². The van der Waals surface area contributed by atoms with Gasteiger partial charge in [-0.05, 0) is 18.1 Å². The molecular weight excluding hydrogens is 282 g/mol. The van der Waals surface area contributed by atoms with Crippen LogP contribution >= 0.6 is 0 Å². The zero-order valence-electron chi connectivity index (χ0n) is 12.1. The lowest BCUT2D eigenvalue weighted by molar-refractivity contribution is -0.137. The second kappa shape index (κ2) is 7.87. The summed E-state index contributed by atoms with van der Waals surface area (Å²) < 4.78 is 0. The van der Waals surface area contributed by atoms with Crippen LogP contribution < -0.4 is 0 Å². The fourth-order valence-corrected chi connectivity index (χ4v) is 2.08. The van der Waals surface area contributed by atoms with Crippen molar-refractivity contribution in [2.24, 2.45) is 0 Å². The largest absolute Gasteiger partial charge is 0.481 e. The van der Waals surface area contributed by atoms with Gasteiger partial charge >= 0.3 is 5.97 Å². The number of carboxylic acids is 1. The van der Waals surface area contributed by atoms with Crippen LogP contribution in [-0.2, 0) is 11.3 Å². The number of rotatable bonds is 7. The highest BCUT2D eigenvalue weighted by Crippen LogP contribution is 2.10. The highest BCUT2D eigenvalue weighted by Gasteiger charge is 2.16. The van der Waals surface area contributed by atoms with Crippen LogP contribution in [0.4, 0.5) is 0 Å². The molecule has 1 aromatic heterocycles. The van der Waals surface area contributed by atoms with Crippen LogP contribution in [0.1, 0.15) is 28.8 Å². The third kappa shape index (κ3) is 4.66. The van der Waals surface area contributed by atoms with E-state index in [0.717, 1.165) is 5.56 Å². The fraction of sp³-hybridized carbons (Fsp3) is 0.250. The standard InChI is InChI=1S/C16H17N3O3/c20-15(21)7-4-10-19(12-13-5-2-1-3-6-13)16(22)14-8-9-17-18-11-14/h1-3,5-6,8-9,11H,4,7,10,12H2,(H,20,21). The molecule has 0 aliphatic carbocycles. The van der Waals surface area contributed by atoms with Crippen molar-refractivity contribution in [3.8, 4) is 0 Å². The molecule has 2 rings (SSSR count). The monoisotopic (exact) mass is 299 g/mol. The third-order valence-corrected chi connectivity index (χ3v) is 3.15. The normalized spacial score (nSPS) is 10.2. The molecule has 6 heteroatoms. The first-order valence-corrected chi connectivity index (χ1v) is 6.98. The molecule has 0 bridgehead atoms. The molecule has 0 spiro atoms. The molecule has 22 heavy (non-hydrogen) atoms. The lowest BCUT2D eigenvalue weighted by Gasteiger charge is -2.22. The number of nitrogens with zero attached hydrogens (tertiary/aromatic N) is 3. The third-order valence-electron chi connectivity index (χ3n) is 3.15. The summed E-state index contributed by atoms with van der Waals surface area (Å²) in [5, 5.41) is 16.1. The van der Waals surface area contributed by atoms with Gasteiger partial charge in [-0.3, -0.25) is 9.59 Å². The Kier molecular flexibility index (Phi) is 5.59. The zero-order chi connectivity index (χ0) is 15.8. The van der Waals surface area contributed by atoms with Crippen molar-refractivity contribution in [3.05, 3.63) is 59.9 Å². The molecule has 2 aromatic rings. The Morgan fingerprint density at radius 3 is 2.50 bits per heavy atom. The second-order valence-electron chi connectivity index (χ2n) is 4.84. The molecule has 114 valence electrons. The van der Waals surface area contributed by atoms with E-state index in [1.807, 2.05) is 30.3 Å². The first kappa shape index (κ1) is 15.6. The molecule has 1 amide bonds. The number of amides is 1. The number of carbonyl (C=O) groups is 2. The maximum Gasteiger partial charge on any atom is 0.303 e. The lowest BCUT2D eigenvalue weighted by Crippen LogP contribution is -2.32. The molecule has 0 unspecified atom stereocenters. The average molecular weight is 299 g/mol. The number of aliphatic carboxylic acids is 1. The maximum atomic E-state index is 12.5. The summed E-state index contributed by atoms with van der Waals surface area (Å²) in [5.41, 5.74) is 1.44. The van der Waals surface area contributed by atoms with Crippen molar-refractivity contribution in [3.63, 3.8) is 0 Å². The average Bonchev–Trinajstić information content (AvgIpc) is 2.55. The van der Waals surface area contributed by atoms with Crippen molar-refractivity contribution in [2.45, 2.75) is 19.4 Å². The van der Waals surface area contributed by atoms with E-state index in [4.69, 9.17) is 5.11 Å². The van der Waals surface area contributed by atoms with Crippen LogP contribution in [0.15, 0.2) is 48.8 Å². The molecule has 0 aliphatic heterocycles. The minimum atomic E-state index is -0.863. The Morgan fingerprint density at radius 2 is 1.86 bits per heavy atom. The Bertz CT molecular complexity index is 617. The van der Waals surface area contributed by atoms with E-state index in [-0.39, 0.29) is 12.3 Å². The molecular formula is C16H17N3O3. The lowest BCUT2D eigenvalue weighted by atomic mass is 10.1. The van der Waals surface area contributed by atoms with Gasteiger partial charge in [0.1, 0.15) is 0 Å². The van der Waals surface area contributed by atoms with Gasteiger partial charge < -0.3 is 10.0 Å². The van der Waals surface area contributed by atoms with E-state index in [9.17, 15) is 9.59 Å². The fourth-order valence-electron chi connectivity index (χ4n) is 2.08. The summed E-state index contributed by atoms with van der Waals surface area (Å²) in [6.45, 7) is 0.809. The van der Waals surface area contributed by atoms with Gasteiger partial charge in [0, 0.05) is 19.5 Å². The number of hydrogen-bond acceptors (Lipinski definition) is 4. The molecule has 0 atom stereocenters. The van der Waals surface area contributed by atoms with E-state index in [2.05, 4.69) is 10.2 Å². The van der Waals surface area contributed by atoms with Crippen LogP contribution in [0.3, 0.4) is 0 Å². The van der Waals surface area contributed by atoms with Crippen molar-refractivity contribution in [1.29, 1.82) is 0 Å². The van der Waals surface area contributed by atoms with Crippen LogP contribution in [-0.4, -0.2) is 38.6 Å². The Morgan fingerprint density at radius 1 is 1.09 bits per heavy atom. The maximum absolute atomic E-state index is 12.5. The summed E-state index contributed by atoms with van der Waals surface area (Å²) in [5.74, 6) is -1.04. The first-order valence-electron chi connectivity index (χ1n) is 6.98. The summed E-state index contributed by atoms with van der Waals surface area (Å²) in [6.07, 6.45) is 3.32. The van der Waals surface area contributed by atoms with E-state index in [1.165, 1.54) is 12.4 Å². The smallest absolute Gasteiger partial charge is 0.303 e. The zero-order valence-corrected chi connectivity index (χ0v) is 12.1. The Balaban J connectivity index is 2.10. The topological polar surface area (TPSA) is 83.4 Å². The number of carbonyl (C=O) groups excluding carboxylic acids is 1. The molecule has 1 aromatic carbocycles. The van der Waals surface area contributed by atoms with Crippen molar-refractivity contribution >= 4 is 11.9 Å². The van der Waals surface area contributed by atoms with Gasteiger partial charge in [0.25, 0.3) is 5.91 Å². The Hall–Kier alpha value is -2.76. The van der Waals surface area contributed by atoms with Crippen LogP contribution in [0.2, 0.25) is 0 Å². The summed E-state index contributed by atoms with van der Waals surface area (Å²) in [4.78, 5) is 24.8. The van der Waals surface area contributed by atoms with Gasteiger partial charge in [0.05, 0.1) is 18.0 Å². The molecule has 0 fully saturated rings. The van der Waals surface area contributed by atoms with Gasteiger partial charge in [0.2, 0.25) is 0 Å². The first-order chi connectivity index (χ1) is 10.7. The van der Waals surface area contributed by atoms with Crippen molar-refractivity contribution < 1.29 is 14.7 Å². The minimum absolute atomic E-state index is 0.0349. The molecule has 0 aliphatic rings. The summed E-state index contributed by atoms with van der Waals surface area (Å²) >= 11 is 0. The van der Waals surface area contributed by atoms with Gasteiger partial charge in [-0.1, -0.05) is 30.3 Å². The number of aromatic nitrogens is 2. The second-order valence-corrected chi connectivity index (χ2v) is 4.84. The number of carboxylic acid groups (broad SMARTS) is 1. The highest BCUT2D eigenvalue weighted by molar-refractivity contribution is 5.93. The van der Waals surface area contributed by atoms with Crippen molar-refractivity contribution in [1.82, 2.24) is 15.1 Å². The van der Waals surface area contributed by atoms with Crippen molar-refractivity contribution in [2.75, 3.05) is 6.54 Å². The quantitative estimate of drug-likeness (QED) is 0.845. The van der Waals surface area contributed by atoms with Crippen LogP contribution in [0.25, 0.3) is 0 Å².